The Labute approximate surface area is 123 Å². The third kappa shape index (κ3) is 4.88. The summed E-state index contributed by atoms with van der Waals surface area (Å²) in [5.41, 5.74) is 0.990. The number of aliphatic hydroxyl groups excluding tert-OH is 1. The molecule has 0 heterocycles. The Hall–Kier alpha value is -0.410. The minimum atomic E-state index is -0.306. The first kappa shape index (κ1) is 15.0. The Bertz CT molecular complexity index is 402. The summed E-state index contributed by atoms with van der Waals surface area (Å²) in [6.07, 6.45) is 9.04. The second-order valence-corrected chi connectivity index (χ2v) is 6.54. The van der Waals surface area contributed by atoms with Gasteiger partial charge in [0.05, 0.1) is 10.6 Å². The zero-order valence-electron chi connectivity index (χ0n) is 11.2. The number of halogens is 2. The summed E-state index contributed by atoms with van der Waals surface area (Å²) in [5, 5.41) is 10.1. The van der Waals surface area contributed by atoms with Gasteiger partial charge in [-0.3, -0.25) is 0 Å². The van der Waals surface area contributed by atoms with E-state index in [1.807, 2.05) is 0 Å². The molecule has 1 aromatic carbocycles. The van der Waals surface area contributed by atoms with E-state index in [9.17, 15) is 9.50 Å². The highest BCUT2D eigenvalue weighted by Crippen LogP contribution is 2.28. The largest absolute Gasteiger partial charge is 0.393 e. The van der Waals surface area contributed by atoms with Gasteiger partial charge in [-0.05, 0) is 58.8 Å². The lowest BCUT2D eigenvalue weighted by Gasteiger charge is -2.22. The highest BCUT2D eigenvalue weighted by molar-refractivity contribution is 9.10. The van der Waals surface area contributed by atoms with E-state index < -0.39 is 0 Å². The van der Waals surface area contributed by atoms with Crippen LogP contribution >= 0.6 is 15.9 Å². The number of aliphatic hydroxyl groups is 1. The van der Waals surface area contributed by atoms with Crippen LogP contribution in [0.4, 0.5) is 4.39 Å². The summed E-state index contributed by atoms with van der Waals surface area (Å²) < 4.78 is 13.6. The van der Waals surface area contributed by atoms with Crippen LogP contribution in [0.25, 0.3) is 0 Å². The molecule has 0 amide bonds. The molecule has 1 N–H and O–H groups in total. The Kier molecular flexibility index (Phi) is 5.83. The van der Waals surface area contributed by atoms with Gasteiger partial charge in [-0.1, -0.05) is 38.2 Å². The van der Waals surface area contributed by atoms with E-state index in [4.69, 9.17) is 0 Å². The van der Waals surface area contributed by atoms with Gasteiger partial charge >= 0.3 is 0 Å². The Morgan fingerprint density at radius 1 is 1.26 bits per heavy atom. The van der Waals surface area contributed by atoms with Gasteiger partial charge in [-0.25, -0.2) is 4.39 Å². The number of hydrogen-bond acceptors (Lipinski definition) is 1. The normalized spacial score (nSPS) is 18.5. The molecule has 1 saturated carbocycles. The van der Waals surface area contributed by atoms with Crippen LogP contribution < -0.4 is 0 Å². The fourth-order valence-corrected chi connectivity index (χ4v) is 3.37. The van der Waals surface area contributed by atoms with Gasteiger partial charge in [-0.2, -0.15) is 0 Å². The molecule has 1 atom stereocenters. The van der Waals surface area contributed by atoms with Crippen molar-refractivity contribution in [3.63, 3.8) is 0 Å². The van der Waals surface area contributed by atoms with Crippen molar-refractivity contribution >= 4 is 15.9 Å². The van der Waals surface area contributed by atoms with E-state index in [2.05, 4.69) is 15.9 Å². The maximum absolute atomic E-state index is 13.1. The highest BCUT2D eigenvalue weighted by Gasteiger charge is 2.15. The van der Waals surface area contributed by atoms with Crippen molar-refractivity contribution in [2.45, 2.75) is 57.5 Å². The second-order valence-electron chi connectivity index (χ2n) is 5.69. The topological polar surface area (TPSA) is 20.2 Å². The van der Waals surface area contributed by atoms with Crippen molar-refractivity contribution in [2.24, 2.45) is 5.92 Å². The summed E-state index contributed by atoms with van der Waals surface area (Å²) in [5.74, 6) is 0.559. The molecular formula is C16H22BrFO. The third-order valence-corrected chi connectivity index (χ3v) is 4.70. The van der Waals surface area contributed by atoms with Gasteiger partial charge < -0.3 is 5.11 Å². The number of benzene rings is 1. The summed E-state index contributed by atoms with van der Waals surface area (Å²) >= 11 is 3.18. The van der Waals surface area contributed by atoms with Crippen LogP contribution in [0, 0.1) is 11.7 Å². The van der Waals surface area contributed by atoms with Crippen molar-refractivity contribution in [2.75, 3.05) is 0 Å². The predicted molar refractivity (Wildman–Crippen MR) is 79.6 cm³/mol. The lowest BCUT2D eigenvalue weighted by Crippen LogP contribution is -2.14. The molecule has 1 aliphatic carbocycles. The minimum absolute atomic E-state index is 0.250. The SMILES string of the molecule is OC(CCC1CCCCC1)Cc1ccc(F)c(Br)c1. The third-order valence-electron chi connectivity index (χ3n) is 4.09. The maximum atomic E-state index is 13.1. The molecule has 1 aliphatic rings. The predicted octanol–water partition coefficient (Wildman–Crippen LogP) is 4.85. The van der Waals surface area contributed by atoms with Gasteiger partial charge in [0.2, 0.25) is 0 Å². The number of hydrogen-bond donors (Lipinski definition) is 1. The molecule has 1 aromatic rings. The quantitative estimate of drug-likeness (QED) is 0.818. The smallest absolute Gasteiger partial charge is 0.137 e. The van der Waals surface area contributed by atoms with Gasteiger partial charge in [0.1, 0.15) is 5.82 Å². The Morgan fingerprint density at radius 2 is 2.00 bits per heavy atom. The van der Waals surface area contributed by atoms with Crippen LogP contribution in [0.3, 0.4) is 0 Å². The second kappa shape index (κ2) is 7.39. The molecule has 3 heteroatoms. The van der Waals surface area contributed by atoms with E-state index in [0.717, 1.165) is 24.3 Å². The molecule has 1 nitrogen and oxygen atoms in total. The maximum Gasteiger partial charge on any atom is 0.137 e. The molecule has 0 spiro atoms. The fourth-order valence-electron chi connectivity index (χ4n) is 2.94. The van der Waals surface area contributed by atoms with Crippen LogP contribution in [0.5, 0.6) is 0 Å². The molecule has 0 bridgehead atoms. The van der Waals surface area contributed by atoms with Crippen LogP contribution in [0.2, 0.25) is 0 Å². The summed E-state index contributed by atoms with van der Waals surface area (Å²) in [4.78, 5) is 0. The van der Waals surface area contributed by atoms with Crippen molar-refractivity contribution in [3.8, 4) is 0 Å². The highest BCUT2D eigenvalue weighted by atomic mass is 79.9. The van der Waals surface area contributed by atoms with Crippen molar-refractivity contribution < 1.29 is 9.50 Å². The number of rotatable bonds is 5. The minimum Gasteiger partial charge on any atom is -0.393 e. The van der Waals surface area contributed by atoms with Crippen LogP contribution in [-0.4, -0.2) is 11.2 Å². The average Bonchev–Trinajstić information content (AvgIpc) is 2.42. The fraction of sp³-hybridized carbons (Fsp3) is 0.625. The van der Waals surface area contributed by atoms with Crippen molar-refractivity contribution in [3.05, 3.63) is 34.1 Å². The molecule has 2 rings (SSSR count). The monoisotopic (exact) mass is 328 g/mol. The molecule has 0 aromatic heterocycles. The average molecular weight is 329 g/mol. The van der Waals surface area contributed by atoms with E-state index in [-0.39, 0.29) is 11.9 Å². The van der Waals surface area contributed by atoms with Gasteiger partial charge in [0, 0.05) is 0 Å². The standard InChI is InChI=1S/C16H22BrFO/c17-15-11-13(7-9-16(15)18)10-14(19)8-6-12-4-2-1-3-5-12/h7,9,11-12,14,19H,1-6,8,10H2. The molecule has 1 unspecified atom stereocenters. The molecular weight excluding hydrogens is 307 g/mol. The lowest BCUT2D eigenvalue weighted by atomic mass is 9.85. The van der Waals surface area contributed by atoms with Crippen molar-refractivity contribution in [1.82, 2.24) is 0 Å². The van der Waals surface area contributed by atoms with Crippen LogP contribution in [-0.2, 0) is 6.42 Å². The molecule has 1 fully saturated rings. The molecule has 19 heavy (non-hydrogen) atoms. The first-order chi connectivity index (χ1) is 9.15. The molecule has 0 radical (unpaired) electrons. The van der Waals surface area contributed by atoms with E-state index in [1.165, 1.54) is 38.2 Å². The summed E-state index contributed by atoms with van der Waals surface area (Å²) in [6, 6.07) is 4.97. The zero-order valence-corrected chi connectivity index (χ0v) is 12.8. The van der Waals surface area contributed by atoms with Gasteiger partial charge in [-0.15, -0.1) is 0 Å². The molecule has 106 valence electrons. The van der Waals surface area contributed by atoms with Crippen LogP contribution in [0.1, 0.15) is 50.5 Å². The first-order valence-electron chi connectivity index (χ1n) is 7.27. The Morgan fingerprint density at radius 3 is 2.68 bits per heavy atom. The summed E-state index contributed by atoms with van der Waals surface area (Å²) in [7, 11) is 0. The molecule has 0 aliphatic heterocycles. The lowest BCUT2D eigenvalue weighted by molar-refractivity contribution is 0.149. The first-order valence-corrected chi connectivity index (χ1v) is 8.06. The zero-order chi connectivity index (χ0) is 13.7. The van der Waals surface area contributed by atoms with Gasteiger partial charge in [0.25, 0.3) is 0 Å². The van der Waals surface area contributed by atoms with E-state index in [0.29, 0.717) is 10.9 Å². The van der Waals surface area contributed by atoms with E-state index in [1.54, 1.807) is 12.1 Å². The Balaban J connectivity index is 1.76. The van der Waals surface area contributed by atoms with E-state index >= 15 is 0 Å². The van der Waals surface area contributed by atoms with Crippen molar-refractivity contribution in [1.29, 1.82) is 0 Å². The van der Waals surface area contributed by atoms with Crippen LogP contribution in [0.15, 0.2) is 22.7 Å². The summed E-state index contributed by atoms with van der Waals surface area (Å²) in [6.45, 7) is 0. The molecule has 0 saturated heterocycles. The van der Waals surface area contributed by atoms with Gasteiger partial charge in [0.15, 0.2) is 0 Å².